The molecule has 1 aromatic carbocycles. The number of pyridine rings is 1. The molecule has 1 amide bonds. The van der Waals surface area contributed by atoms with Gasteiger partial charge in [0.15, 0.2) is 0 Å². The zero-order valence-corrected chi connectivity index (χ0v) is 12.4. The Labute approximate surface area is 124 Å². The van der Waals surface area contributed by atoms with E-state index in [1.54, 1.807) is 18.3 Å². The maximum atomic E-state index is 13.1. The number of hydrogen-bond donors (Lipinski definition) is 2. The summed E-state index contributed by atoms with van der Waals surface area (Å²) in [4.78, 5) is 16.0. The molecule has 104 valence electrons. The van der Waals surface area contributed by atoms with Gasteiger partial charge in [-0.25, -0.2) is 9.37 Å². The van der Waals surface area contributed by atoms with Gasteiger partial charge in [-0.3, -0.25) is 4.79 Å². The summed E-state index contributed by atoms with van der Waals surface area (Å²) in [5.41, 5.74) is 1.65. The van der Waals surface area contributed by atoms with Crippen LogP contribution in [0.2, 0.25) is 0 Å². The minimum atomic E-state index is -0.379. The highest BCUT2D eigenvalue weighted by Crippen LogP contribution is 2.20. The third-order valence-electron chi connectivity index (χ3n) is 2.55. The van der Waals surface area contributed by atoms with Crippen molar-refractivity contribution in [2.45, 2.75) is 6.92 Å². The maximum Gasteiger partial charge on any atom is 0.274 e. The van der Waals surface area contributed by atoms with Crippen LogP contribution in [0.15, 0.2) is 41.0 Å². The number of carbonyl (C=O) groups excluding carboxylic acids is 1. The van der Waals surface area contributed by atoms with E-state index in [4.69, 9.17) is 0 Å². The van der Waals surface area contributed by atoms with Gasteiger partial charge in [0.2, 0.25) is 0 Å². The predicted octanol–water partition coefficient (Wildman–Crippen LogP) is 3.67. The summed E-state index contributed by atoms with van der Waals surface area (Å²) in [6, 6.07) is 7.69. The monoisotopic (exact) mass is 337 g/mol. The van der Waals surface area contributed by atoms with Crippen molar-refractivity contribution < 1.29 is 9.18 Å². The molecule has 0 radical (unpaired) electrons. The third kappa shape index (κ3) is 3.54. The Morgan fingerprint density at radius 3 is 2.65 bits per heavy atom. The summed E-state index contributed by atoms with van der Waals surface area (Å²) in [7, 11) is 0. The van der Waals surface area contributed by atoms with Gasteiger partial charge >= 0.3 is 0 Å². The van der Waals surface area contributed by atoms with Gasteiger partial charge < -0.3 is 10.6 Å². The van der Waals surface area contributed by atoms with Crippen LogP contribution in [0.1, 0.15) is 17.4 Å². The summed E-state index contributed by atoms with van der Waals surface area (Å²) < 4.78 is 13.4. The fourth-order valence-corrected chi connectivity index (χ4v) is 1.98. The molecule has 0 fully saturated rings. The molecule has 6 heteroatoms. The van der Waals surface area contributed by atoms with E-state index in [9.17, 15) is 9.18 Å². The first kappa shape index (κ1) is 14.5. The zero-order valence-electron chi connectivity index (χ0n) is 10.8. The lowest BCUT2D eigenvalue weighted by molar-refractivity contribution is 0.102. The molecule has 1 aromatic heterocycles. The molecule has 1 heterocycles. The number of rotatable bonds is 4. The number of halogens is 2. The lowest BCUT2D eigenvalue weighted by Gasteiger charge is -2.07. The second-order valence-corrected chi connectivity index (χ2v) is 4.90. The Bertz CT molecular complexity index is 616. The summed E-state index contributed by atoms with van der Waals surface area (Å²) >= 11 is 3.07. The third-order valence-corrected chi connectivity index (χ3v) is 3.16. The molecular weight excluding hydrogens is 325 g/mol. The molecule has 2 aromatic rings. The number of benzene rings is 1. The van der Waals surface area contributed by atoms with Crippen LogP contribution in [0.25, 0.3) is 0 Å². The Balaban J connectivity index is 2.09. The van der Waals surface area contributed by atoms with Crippen molar-refractivity contribution in [1.29, 1.82) is 0 Å². The van der Waals surface area contributed by atoms with E-state index in [2.05, 4.69) is 31.5 Å². The van der Waals surface area contributed by atoms with Crippen molar-refractivity contribution in [2.75, 3.05) is 17.2 Å². The molecule has 0 unspecified atom stereocenters. The van der Waals surface area contributed by atoms with E-state index in [0.29, 0.717) is 15.9 Å². The van der Waals surface area contributed by atoms with Gasteiger partial charge in [-0.15, -0.1) is 0 Å². The summed E-state index contributed by atoms with van der Waals surface area (Å²) in [6.45, 7) is 2.77. The van der Waals surface area contributed by atoms with E-state index in [1.165, 1.54) is 18.2 Å². The fraction of sp³-hybridized carbons (Fsp3) is 0.143. The lowest BCUT2D eigenvalue weighted by Crippen LogP contribution is -2.13. The quantitative estimate of drug-likeness (QED) is 0.894. The molecule has 2 rings (SSSR count). The predicted molar refractivity (Wildman–Crippen MR) is 80.5 cm³/mol. The van der Waals surface area contributed by atoms with E-state index < -0.39 is 0 Å². The smallest absolute Gasteiger partial charge is 0.274 e. The van der Waals surface area contributed by atoms with Gasteiger partial charge in [0.25, 0.3) is 5.91 Å². The van der Waals surface area contributed by atoms with Crippen LogP contribution in [0.4, 0.5) is 15.8 Å². The number of anilines is 2. The Morgan fingerprint density at radius 2 is 2.05 bits per heavy atom. The highest BCUT2D eigenvalue weighted by atomic mass is 79.9. The van der Waals surface area contributed by atoms with Crippen LogP contribution < -0.4 is 10.6 Å². The van der Waals surface area contributed by atoms with Crippen molar-refractivity contribution in [2.24, 2.45) is 0 Å². The first-order valence-corrected chi connectivity index (χ1v) is 6.85. The number of carbonyl (C=O) groups is 1. The van der Waals surface area contributed by atoms with Crippen LogP contribution in [-0.2, 0) is 0 Å². The topological polar surface area (TPSA) is 54.0 Å². The first-order valence-electron chi connectivity index (χ1n) is 6.06. The second-order valence-electron chi connectivity index (χ2n) is 4.05. The van der Waals surface area contributed by atoms with Crippen LogP contribution in [0.5, 0.6) is 0 Å². The molecule has 0 saturated heterocycles. The summed E-state index contributed by atoms with van der Waals surface area (Å²) in [6.07, 6.45) is 1.60. The van der Waals surface area contributed by atoms with Gasteiger partial charge in [0.05, 0.1) is 16.4 Å². The molecule has 0 aliphatic carbocycles. The highest BCUT2D eigenvalue weighted by molar-refractivity contribution is 9.10. The molecule has 4 nitrogen and oxygen atoms in total. The van der Waals surface area contributed by atoms with Crippen molar-refractivity contribution in [3.05, 3.63) is 52.5 Å². The fourth-order valence-electron chi connectivity index (χ4n) is 1.61. The van der Waals surface area contributed by atoms with Crippen molar-refractivity contribution in [3.63, 3.8) is 0 Å². The normalized spacial score (nSPS) is 10.2. The highest BCUT2D eigenvalue weighted by Gasteiger charge is 2.08. The Kier molecular flexibility index (Phi) is 4.68. The molecule has 0 atom stereocenters. The Morgan fingerprint density at radius 1 is 1.30 bits per heavy atom. The molecule has 2 N–H and O–H groups in total. The van der Waals surface area contributed by atoms with E-state index >= 15 is 0 Å². The number of nitrogens with zero attached hydrogens (tertiary/aromatic N) is 1. The van der Waals surface area contributed by atoms with Crippen LogP contribution in [-0.4, -0.2) is 17.4 Å². The molecule has 20 heavy (non-hydrogen) atoms. The summed E-state index contributed by atoms with van der Waals surface area (Å²) in [5.74, 6) is -0.720. The van der Waals surface area contributed by atoms with Crippen LogP contribution >= 0.6 is 15.9 Å². The van der Waals surface area contributed by atoms with Crippen molar-refractivity contribution >= 4 is 33.2 Å². The van der Waals surface area contributed by atoms with Crippen LogP contribution in [0.3, 0.4) is 0 Å². The lowest BCUT2D eigenvalue weighted by atomic mass is 10.2. The number of amides is 1. The maximum absolute atomic E-state index is 13.1. The number of hydrogen-bond acceptors (Lipinski definition) is 3. The van der Waals surface area contributed by atoms with Gasteiger partial charge in [0, 0.05) is 12.2 Å². The SMILES string of the molecule is CCNc1ccc(C(=O)Nc2ccc(F)c(Br)c2)nc1. The molecule has 0 saturated carbocycles. The van der Waals surface area contributed by atoms with Crippen molar-refractivity contribution in [1.82, 2.24) is 4.98 Å². The van der Waals surface area contributed by atoms with Gasteiger partial charge in [-0.05, 0) is 53.2 Å². The van der Waals surface area contributed by atoms with Crippen LogP contribution in [0, 0.1) is 5.82 Å². The number of aromatic nitrogens is 1. The average molecular weight is 338 g/mol. The Hall–Kier alpha value is -1.95. The summed E-state index contributed by atoms with van der Waals surface area (Å²) in [5, 5.41) is 5.75. The molecule has 0 aliphatic rings. The minimum absolute atomic E-state index is 0.297. The van der Waals surface area contributed by atoms with E-state index in [1.807, 2.05) is 6.92 Å². The zero-order chi connectivity index (χ0) is 14.5. The second kappa shape index (κ2) is 6.47. The largest absolute Gasteiger partial charge is 0.384 e. The van der Waals surface area contributed by atoms with Crippen molar-refractivity contribution in [3.8, 4) is 0 Å². The van der Waals surface area contributed by atoms with E-state index in [0.717, 1.165) is 12.2 Å². The van der Waals surface area contributed by atoms with Gasteiger partial charge in [-0.2, -0.15) is 0 Å². The van der Waals surface area contributed by atoms with Gasteiger partial charge in [0.1, 0.15) is 11.5 Å². The van der Waals surface area contributed by atoms with E-state index in [-0.39, 0.29) is 11.7 Å². The molecular formula is C14H13BrFN3O. The average Bonchev–Trinajstić information content (AvgIpc) is 2.44. The standard InChI is InChI=1S/C14H13BrFN3O/c1-2-17-10-4-6-13(18-8-10)14(20)19-9-3-5-12(16)11(15)7-9/h3-8,17H,2H2,1H3,(H,19,20). The first-order chi connectivity index (χ1) is 9.60. The molecule has 0 bridgehead atoms. The van der Waals surface area contributed by atoms with Gasteiger partial charge in [-0.1, -0.05) is 0 Å². The minimum Gasteiger partial charge on any atom is -0.384 e. The number of nitrogens with one attached hydrogen (secondary N) is 2. The molecule has 0 spiro atoms. The molecule has 0 aliphatic heterocycles.